The van der Waals surface area contributed by atoms with Gasteiger partial charge in [-0.25, -0.2) is 0 Å². The van der Waals surface area contributed by atoms with Crippen molar-refractivity contribution in [2.75, 3.05) is 26.5 Å². The van der Waals surface area contributed by atoms with Crippen molar-refractivity contribution in [2.24, 2.45) is 0 Å². The Morgan fingerprint density at radius 3 is 3.12 bits per heavy atom. The maximum atomic E-state index is 6.20. The molecule has 0 amide bonds. The van der Waals surface area contributed by atoms with Gasteiger partial charge in [0.2, 0.25) is 6.79 Å². The molecule has 1 spiro atoms. The van der Waals surface area contributed by atoms with Crippen LogP contribution in [-0.2, 0) is 11.3 Å². The highest BCUT2D eigenvalue weighted by atomic mass is 16.7. The number of pyridine rings is 1. The molecule has 5 rings (SSSR count). The minimum absolute atomic E-state index is 0.0801. The van der Waals surface area contributed by atoms with Crippen molar-refractivity contribution in [3.05, 3.63) is 48.3 Å². The minimum atomic E-state index is -0.0801. The number of nitrogens with zero attached hydrogens (tertiary/aromatic N) is 2. The normalized spacial score (nSPS) is 27.3. The highest BCUT2D eigenvalue weighted by Gasteiger charge is 2.46. The number of fused-ring (bicyclic) bond motifs is 1. The van der Waals surface area contributed by atoms with Crippen LogP contribution in [-0.4, -0.2) is 48.1 Å². The van der Waals surface area contributed by atoms with Gasteiger partial charge in [0.15, 0.2) is 11.5 Å². The monoisotopic (exact) mass is 354 g/mol. The van der Waals surface area contributed by atoms with Crippen molar-refractivity contribution in [3.63, 3.8) is 0 Å². The summed E-state index contributed by atoms with van der Waals surface area (Å²) in [5.41, 5.74) is 1.16. The van der Waals surface area contributed by atoms with E-state index in [0.717, 1.165) is 49.7 Å². The Morgan fingerprint density at radius 1 is 1.23 bits per heavy atom. The largest absolute Gasteiger partial charge is 0.486 e. The Kier molecular flexibility index (Phi) is 3.94. The fourth-order valence-corrected chi connectivity index (χ4v) is 4.13. The lowest BCUT2D eigenvalue weighted by Crippen LogP contribution is -2.33. The molecular weight excluding hydrogens is 332 g/mol. The third-order valence-electron chi connectivity index (χ3n) is 5.35. The van der Waals surface area contributed by atoms with Gasteiger partial charge in [-0.05, 0) is 36.2 Å². The molecule has 136 valence electrons. The molecule has 2 atom stereocenters. The Bertz CT molecular complexity index is 785. The van der Waals surface area contributed by atoms with Crippen molar-refractivity contribution in [1.82, 2.24) is 9.88 Å². The number of ether oxygens (including phenoxy) is 4. The maximum absolute atomic E-state index is 6.20. The highest BCUT2D eigenvalue weighted by Crippen LogP contribution is 2.38. The van der Waals surface area contributed by atoms with Gasteiger partial charge < -0.3 is 18.9 Å². The number of benzene rings is 1. The van der Waals surface area contributed by atoms with Gasteiger partial charge in [0.25, 0.3) is 0 Å². The predicted octanol–water partition coefficient (Wildman–Crippen LogP) is 2.62. The zero-order chi connectivity index (χ0) is 17.4. The van der Waals surface area contributed by atoms with E-state index in [1.165, 1.54) is 5.56 Å². The van der Waals surface area contributed by atoms with Gasteiger partial charge >= 0.3 is 0 Å². The second-order valence-electron chi connectivity index (χ2n) is 7.27. The van der Waals surface area contributed by atoms with E-state index >= 15 is 0 Å². The average Bonchev–Trinajstić information content (AvgIpc) is 3.37. The molecule has 4 heterocycles. The van der Waals surface area contributed by atoms with Crippen LogP contribution in [0.15, 0.2) is 42.7 Å². The Labute approximate surface area is 152 Å². The first kappa shape index (κ1) is 15.9. The summed E-state index contributed by atoms with van der Waals surface area (Å²) in [7, 11) is 0. The van der Waals surface area contributed by atoms with Crippen LogP contribution in [0, 0.1) is 0 Å². The Hall–Kier alpha value is -2.31. The fraction of sp³-hybridized carbons (Fsp3) is 0.450. The molecule has 1 aromatic carbocycles. The smallest absolute Gasteiger partial charge is 0.231 e. The van der Waals surface area contributed by atoms with Crippen molar-refractivity contribution in [1.29, 1.82) is 0 Å². The molecule has 26 heavy (non-hydrogen) atoms. The van der Waals surface area contributed by atoms with Crippen LogP contribution in [0.1, 0.15) is 18.4 Å². The van der Waals surface area contributed by atoms with E-state index in [1.54, 1.807) is 12.4 Å². The molecule has 0 unspecified atom stereocenters. The first-order valence-corrected chi connectivity index (χ1v) is 9.10. The second-order valence-corrected chi connectivity index (χ2v) is 7.27. The number of likely N-dealkylation sites (tertiary alicyclic amines) is 1. The second kappa shape index (κ2) is 6.45. The third kappa shape index (κ3) is 3.10. The molecule has 2 aromatic rings. The van der Waals surface area contributed by atoms with Crippen molar-refractivity contribution in [3.8, 4) is 17.2 Å². The fourth-order valence-electron chi connectivity index (χ4n) is 4.13. The first-order valence-electron chi connectivity index (χ1n) is 9.10. The van der Waals surface area contributed by atoms with Gasteiger partial charge in [-0.2, -0.15) is 0 Å². The molecular formula is C20H22N2O4. The van der Waals surface area contributed by atoms with Crippen LogP contribution < -0.4 is 14.2 Å². The summed E-state index contributed by atoms with van der Waals surface area (Å²) >= 11 is 0. The first-order chi connectivity index (χ1) is 12.8. The summed E-state index contributed by atoms with van der Waals surface area (Å²) in [6.07, 6.45) is 5.59. The summed E-state index contributed by atoms with van der Waals surface area (Å²) in [6.45, 7) is 3.84. The lowest BCUT2D eigenvalue weighted by molar-refractivity contribution is 0.00934. The van der Waals surface area contributed by atoms with Gasteiger partial charge in [-0.3, -0.25) is 9.88 Å². The average molecular weight is 354 g/mol. The van der Waals surface area contributed by atoms with Gasteiger partial charge in [0.1, 0.15) is 11.9 Å². The summed E-state index contributed by atoms with van der Waals surface area (Å²) in [4.78, 5) is 6.55. The number of rotatable bonds is 4. The molecule has 2 saturated heterocycles. The molecule has 6 nitrogen and oxygen atoms in total. The van der Waals surface area contributed by atoms with E-state index in [9.17, 15) is 0 Å². The summed E-state index contributed by atoms with van der Waals surface area (Å²) in [6, 6.07) is 10.0. The van der Waals surface area contributed by atoms with E-state index in [4.69, 9.17) is 18.9 Å². The summed E-state index contributed by atoms with van der Waals surface area (Å²) in [5.74, 6) is 2.49. The zero-order valence-corrected chi connectivity index (χ0v) is 14.6. The van der Waals surface area contributed by atoms with Crippen LogP contribution in [0.4, 0.5) is 0 Å². The molecule has 1 aromatic heterocycles. The molecule has 0 N–H and O–H groups in total. The van der Waals surface area contributed by atoms with Gasteiger partial charge in [0.05, 0.1) is 18.4 Å². The summed E-state index contributed by atoms with van der Waals surface area (Å²) < 4.78 is 23.1. The molecule has 3 aliphatic rings. The van der Waals surface area contributed by atoms with Crippen LogP contribution in [0.3, 0.4) is 0 Å². The molecule has 0 radical (unpaired) electrons. The van der Waals surface area contributed by atoms with Gasteiger partial charge in [-0.15, -0.1) is 0 Å². The number of hydrogen-bond acceptors (Lipinski definition) is 6. The lowest BCUT2D eigenvalue weighted by atomic mass is 9.98. The third-order valence-corrected chi connectivity index (χ3v) is 5.35. The number of hydrogen-bond donors (Lipinski definition) is 0. The van der Waals surface area contributed by atoms with E-state index in [-0.39, 0.29) is 11.7 Å². The van der Waals surface area contributed by atoms with E-state index in [0.29, 0.717) is 13.4 Å². The van der Waals surface area contributed by atoms with Crippen LogP contribution >= 0.6 is 0 Å². The minimum Gasteiger partial charge on any atom is -0.486 e. The van der Waals surface area contributed by atoms with E-state index < -0.39 is 0 Å². The highest BCUT2D eigenvalue weighted by molar-refractivity contribution is 5.44. The summed E-state index contributed by atoms with van der Waals surface area (Å²) in [5, 5.41) is 0. The van der Waals surface area contributed by atoms with E-state index in [1.807, 2.05) is 18.2 Å². The van der Waals surface area contributed by atoms with Crippen molar-refractivity contribution >= 4 is 0 Å². The molecule has 0 saturated carbocycles. The zero-order valence-electron chi connectivity index (χ0n) is 14.6. The van der Waals surface area contributed by atoms with E-state index in [2.05, 4.69) is 22.0 Å². The molecule has 0 aliphatic carbocycles. The number of aromatic nitrogens is 1. The van der Waals surface area contributed by atoms with Gasteiger partial charge in [-0.1, -0.05) is 6.07 Å². The quantitative estimate of drug-likeness (QED) is 0.841. The van der Waals surface area contributed by atoms with Crippen LogP contribution in [0.25, 0.3) is 0 Å². The lowest BCUT2D eigenvalue weighted by Gasteiger charge is -2.23. The SMILES string of the molecule is c1cncc(O[C@@H]2CO[C@@]3(CCN(Cc4ccc5c(c4)OCO5)C3)C2)c1. The van der Waals surface area contributed by atoms with Crippen LogP contribution in [0.5, 0.6) is 17.2 Å². The Morgan fingerprint density at radius 2 is 2.19 bits per heavy atom. The predicted molar refractivity (Wildman–Crippen MR) is 94.4 cm³/mol. The molecule has 2 fully saturated rings. The van der Waals surface area contributed by atoms with Gasteiger partial charge in [0, 0.05) is 32.3 Å². The Balaban J connectivity index is 1.19. The maximum Gasteiger partial charge on any atom is 0.231 e. The topological polar surface area (TPSA) is 53.1 Å². The van der Waals surface area contributed by atoms with Crippen molar-refractivity contribution < 1.29 is 18.9 Å². The van der Waals surface area contributed by atoms with Crippen molar-refractivity contribution in [2.45, 2.75) is 31.1 Å². The van der Waals surface area contributed by atoms with Crippen LogP contribution in [0.2, 0.25) is 0 Å². The molecule has 3 aliphatic heterocycles. The standard InChI is InChI=1S/C20H22N2O4/c1-2-16(10-21-6-1)26-17-9-20(25-12-17)5-7-22(13-20)11-15-3-4-18-19(8-15)24-14-23-18/h1-4,6,8,10,17H,5,7,9,11-14H2/t17-,20-/m0/s1. The molecule has 0 bridgehead atoms. The molecule has 6 heteroatoms.